The number of carboxylic acid groups (broad SMARTS) is 1. The number of carbonyl (C=O) groups is 1. The number of carbonyl (C=O) groups excluding carboxylic acids is 1. The van der Waals surface area contributed by atoms with Crippen molar-refractivity contribution in [3.8, 4) is 11.5 Å². The number of benzene rings is 1. The summed E-state index contributed by atoms with van der Waals surface area (Å²) in [7, 11) is 1.56. The van der Waals surface area contributed by atoms with Crippen molar-refractivity contribution in [2.75, 3.05) is 13.7 Å². The molecule has 0 heterocycles. The van der Waals surface area contributed by atoms with Crippen LogP contribution >= 0.6 is 0 Å². The van der Waals surface area contributed by atoms with Crippen LogP contribution in [0, 0.1) is 0 Å². The van der Waals surface area contributed by atoms with Gasteiger partial charge in [-0.1, -0.05) is 31.9 Å². The predicted molar refractivity (Wildman–Crippen MR) is 72.1 cm³/mol. The second-order valence-corrected chi connectivity index (χ2v) is 4.12. The minimum Gasteiger partial charge on any atom is -0.545 e. The van der Waals surface area contributed by atoms with Gasteiger partial charge in [0.15, 0.2) is 11.5 Å². The third kappa shape index (κ3) is 5.46. The number of rotatable bonds is 8. The Bertz CT molecular complexity index is 438. The van der Waals surface area contributed by atoms with Crippen LogP contribution in [0.2, 0.25) is 0 Å². The number of aliphatic carboxylic acids is 1. The van der Waals surface area contributed by atoms with E-state index < -0.39 is 5.97 Å². The summed E-state index contributed by atoms with van der Waals surface area (Å²) < 4.78 is 10.9. The lowest BCUT2D eigenvalue weighted by molar-refractivity contribution is -0.297. The van der Waals surface area contributed by atoms with E-state index >= 15 is 0 Å². The average molecular weight is 263 g/mol. The molecule has 0 amide bonds. The number of hydrogen-bond acceptors (Lipinski definition) is 4. The van der Waals surface area contributed by atoms with Gasteiger partial charge in [0, 0.05) is 0 Å². The van der Waals surface area contributed by atoms with E-state index in [1.165, 1.54) is 6.08 Å². The van der Waals surface area contributed by atoms with Crippen LogP contribution in [-0.4, -0.2) is 19.7 Å². The molecular weight excluding hydrogens is 244 g/mol. The second-order valence-electron chi connectivity index (χ2n) is 4.12. The van der Waals surface area contributed by atoms with Crippen molar-refractivity contribution in [1.29, 1.82) is 0 Å². The molecule has 0 aliphatic rings. The Balaban J connectivity index is 2.70. The first-order valence-corrected chi connectivity index (χ1v) is 6.37. The van der Waals surface area contributed by atoms with E-state index in [4.69, 9.17) is 9.47 Å². The monoisotopic (exact) mass is 263 g/mol. The van der Waals surface area contributed by atoms with Gasteiger partial charge in [0.1, 0.15) is 0 Å². The molecule has 0 bridgehead atoms. The summed E-state index contributed by atoms with van der Waals surface area (Å²) in [4.78, 5) is 10.3. The zero-order chi connectivity index (χ0) is 14.1. The summed E-state index contributed by atoms with van der Waals surface area (Å²) in [5, 5.41) is 10.3. The maximum atomic E-state index is 10.3. The molecular formula is C15H19O4-. The topological polar surface area (TPSA) is 58.6 Å². The van der Waals surface area contributed by atoms with Crippen LogP contribution in [0.4, 0.5) is 0 Å². The Morgan fingerprint density at radius 2 is 2.11 bits per heavy atom. The Labute approximate surface area is 113 Å². The normalized spacial score (nSPS) is 10.6. The molecule has 0 aliphatic heterocycles. The van der Waals surface area contributed by atoms with E-state index in [1.54, 1.807) is 25.3 Å². The molecule has 0 unspecified atom stereocenters. The van der Waals surface area contributed by atoms with E-state index in [1.807, 2.05) is 0 Å². The fourth-order valence-electron chi connectivity index (χ4n) is 1.61. The van der Waals surface area contributed by atoms with Crippen molar-refractivity contribution in [3.05, 3.63) is 29.8 Å². The highest BCUT2D eigenvalue weighted by Crippen LogP contribution is 2.28. The van der Waals surface area contributed by atoms with Crippen molar-refractivity contribution < 1.29 is 19.4 Å². The summed E-state index contributed by atoms with van der Waals surface area (Å²) in [6.45, 7) is 2.79. The molecule has 4 heteroatoms. The third-order valence-electron chi connectivity index (χ3n) is 2.61. The molecule has 0 N–H and O–H groups in total. The van der Waals surface area contributed by atoms with Gasteiger partial charge in [0.25, 0.3) is 0 Å². The lowest BCUT2D eigenvalue weighted by Crippen LogP contribution is -2.18. The fourth-order valence-corrected chi connectivity index (χ4v) is 1.61. The number of carboxylic acids is 1. The van der Waals surface area contributed by atoms with E-state index in [-0.39, 0.29) is 0 Å². The fraction of sp³-hybridized carbons (Fsp3) is 0.400. The van der Waals surface area contributed by atoms with Gasteiger partial charge in [0.2, 0.25) is 0 Å². The number of ether oxygens (including phenoxy) is 2. The van der Waals surface area contributed by atoms with Crippen LogP contribution in [-0.2, 0) is 4.79 Å². The molecule has 1 aromatic rings. The molecule has 0 atom stereocenters. The second kappa shape index (κ2) is 8.19. The van der Waals surface area contributed by atoms with Gasteiger partial charge in [-0.05, 0) is 30.2 Å². The molecule has 1 rings (SSSR count). The first kappa shape index (κ1) is 15.1. The first-order chi connectivity index (χ1) is 9.17. The van der Waals surface area contributed by atoms with E-state index in [9.17, 15) is 9.90 Å². The highest BCUT2D eigenvalue weighted by atomic mass is 16.5. The lowest BCUT2D eigenvalue weighted by Gasteiger charge is -2.11. The molecule has 0 aliphatic carbocycles. The van der Waals surface area contributed by atoms with Crippen molar-refractivity contribution in [3.63, 3.8) is 0 Å². The quantitative estimate of drug-likeness (QED) is 0.532. The van der Waals surface area contributed by atoms with Crippen LogP contribution in [0.3, 0.4) is 0 Å². The highest BCUT2D eigenvalue weighted by molar-refractivity contribution is 5.83. The summed E-state index contributed by atoms with van der Waals surface area (Å²) in [6, 6.07) is 5.28. The van der Waals surface area contributed by atoms with Gasteiger partial charge in [-0.25, -0.2) is 0 Å². The zero-order valence-corrected chi connectivity index (χ0v) is 11.3. The molecule has 0 spiro atoms. The highest BCUT2D eigenvalue weighted by Gasteiger charge is 2.04. The zero-order valence-electron chi connectivity index (χ0n) is 11.3. The minimum atomic E-state index is -1.22. The average Bonchev–Trinajstić information content (AvgIpc) is 2.42. The smallest absolute Gasteiger partial charge is 0.161 e. The molecule has 0 saturated heterocycles. The molecule has 0 fully saturated rings. The van der Waals surface area contributed by atoms with Crippen molar-refractivity contribution >= 4 is 12.0 Å². The maximum absolute atomic E-state index is 10.3. The standard InChI is InChI=1S/C15H20O4/c1-3-4-5-10-19-13-8-6-12(7-9-15(16)17)11-14(13)18-2/h6-9,11H,3-5,10H2,1-2H3,(H,16,17)/p-1. The van der Waals surface area contributed by atoms with Gasteiger partial charge in [-0.15, -0.1) is 0 Å². The summed E-state index contributed by atoms with van der Waals surface area (Å²) in [5.41, 5.74) is 0.724. The number of unbranched alkanes of at least 4 members (excludes halogenated alkanes) is 2. The van der Waals surface area contributed by atoms with Crippen LogP contribution in [0.1, 0.15) is 31.7 Å². The Hall–Kier alpha value is -1.97. The van der Waals surface area contributed by atoms with Crippen LogP contribution in [0.15, 0.2) is 24.3 Å². The molecule has 4 nitrogen and oxygen atoms in total. The number of methoxy groups -OCH3 is 1. The van der Waals surface area contributed by atoms with Gasteiger partial charge >= 0.3 is 0 Å². The predicted octanol–water partition coefficient (Wildman–Crippen LogP) is 2.03. The summed E-state index contributed by atoms with van der Waals surface area (Å²) in [5.74, 6) is 0.0417. The van der Waals surface area contributed by atoms with Crippen molar-refractivity contribution in [1.82, 2.24) is 0 Å². The largest absolute Gasteiger partial charge is 0.545 e. The molecule has 1 aromatic carbocycles. The molecule has 0 saturated carbocycles. The molecule has 0 aromatic heterocycles. The summed E-state index contributed by atoms with van der Waals surface area (Å²) >= 11 is 0. The Morgan fingerprint density at radius 3 is 2.74 bits per heavy atom. The van der Waals surface area contributed by atoms with Gasteiger partial charge < -0.3 is 19.4 Å². The third-order valence-corrected chi connectivity index (χ3v) is 2.61. The van der Waals surface area contributed by atoms with Gasteiger partial charge in [-0.3, -0.25) is 0 Å². The van der Waals surface area contributed by atoms with Crippen molar-refractivity contribution in [2.24, 2.45) is 0 Å². The molecule has 19 heavy (non-hydrogen) atoms. The number of hydrogen-bond donors (Lipinski definition) is 0. The van der Waals surface area contributed by atoms with Crippen LogP contribution in [0.25, 0.3) is 6.08 Å². The summed E-state index contributed by atoms with van der Waals surface area (Å²) in [6.07, 6.45) is 5.73. The maximum Gasteiger partial charge on any atom is 0.161 e. The minimum absolute atomic E-state index is 0.594. The van der Waals surface area contributed by atoms with E-state index in [0.717, 1.165) is 30.9 Å². The van der Waals surface area contributed by atoms with Gasteiger partial charge in [0.05, 0.1) is 19.7 Å². The van der Waals surface area contributed by atoms with Gasteiger partial charge in [-0.2, -0.15) is 0 Å². The Kier molecular flexibility index (Phi) is 6.50. The van der Waals surface area contributed by atoms with E-state index in [0.29, 0.717) is 18.1 Å². The van der Waals surface area contributed by atoms with Crippen LogP contribution in [0.5, 0.6) is 11.5 Å². The van der Waals surface area contributed by atoms with Crippen LogP contribution < -0.4 is 14.6 Å². The molecule has 0 radical (unpaired) electrons. The SMILES string of the molecule is CCCCCOc1ccc(C=CC(=O)[O-])cc1OC. The first-order valence-electron chi connectivity index (χ1n) is 6.37. The molecule has 104 valence electrons. The van der Waals surface area contributed by atoms with Crippen molar-refractivity contribution in [2.45, 2.75) is 26.2 Å². The van der Waals surface area contributed by atoms with E-state index in [2.05, 4.69) is 6.92 Å². The lowest BCUT2D eigenvalue weighted by atomic mass is 10.2. The Morgan fingerprint density at radius 1 is 1.32 bits per heavy atom.